The van der Waals surface area contributed by atoms with Crippen LogP contribution in [0, 0.1) is 6.92 Å². The fraction of sp³-hybridized carbons (Fsp3) is 0.350. The summed E-state index contributed by atoms with van der Waals surface area (Å²) in [5.74, 6) is -0.158. The Bertz CT molecular complexity index is 929. The third-order valence-electron chi connectivity index (χ3n) is 4.26. The number of aryl methyl sites for hydroxylation is 1. The van der Waals surface area contributed by atoms with Crippen LogP contribution in [0.15, 0.2) is 36.5 Å². The van der Waals surface area contributed by atoms with Crippen LogP contribution in [0.4, 0.5) is 5.69 Å². The number of hydrogen-bond donors (Lipinski definition) is 2. The van der Waals surface area contributed by atoms with Gasteiger partial charge in [0.1, 0.15) is 0 Å². The fourth-order valence-electron chi connectivity index (χ4n) is 2.90. The van der Waals surface area contributed by atoms with Crippen molar-refractivity contribution in [2.75, 3.05) is 11.9 Å². The Morgan fingerprint density at radius 1 is 1.27 bits per heavy atom. The molecule has 26 heavy (non-hydrogen) atoms. The molecule has 0 saturated heterocycles. The minimum Gasteiger partial charge on any atom is -0.322 e. The average molecular weight is 351 g/mol. The van der Waals surface area contributed by atoms with Crippen molar-refractivity contribution in [3.8, 4) is 0 Å². The van der Waals surface area contributed by atoms with Crippen molar-refractivity contribution in [2.45, 2.75) is 40.3 Å². The second kappa shape index (κ2) is 7.66. The lowest BCUT2D eigenvalue weighted by atomic mass is 10.1. The lowest BCUT2D eigenvalue weighted by Gasteiger charge is -2.11. The van der Waals surface area contributed by atoms with Crippen LogP contribution in [0.1, 0.15) is 48.4 Å². The van der Waals surface area contributed by atoms with E-state index < -0.39 is 0 Å². The van der Waals surface area contributed by atoms with Crippen LogP contribution in [0.25, 0.3) is 11.0 Å². The molecule has 0 unspecified atom stereocenters. The van der Waals surface area contributed by atoms with Gasteiger partial charge in [0.25, 0.3) is 5.91 Å². The number of amides is 1. The number of pyridine rings is 1. The average Bonchev–Trinajstić information content (AvgIpc) is 3.02. The Balaban J connectivity index is 1.85. The smallest absolute Gasteiger partial charge is 0.257 e. The third-order valence-corrected chi connectivity index (χ3v) is 4.26. The molecule has 2 aromatic heterocycles. The maximum atomic E-state index is 12.8. The Kier molecular flexibility index (Phi) is 5.32. The molecule has 1 aromatic carbocycles. The van der Waals surface area contributed by atoms with E-state index in [0.29, 0.717) is 11.3 Å². The van der Waals surface area contributed by atoms with Gasteiger partial charge in [-0.05, 0) is 51.1 Å². The van der Waals surface area contributed by atoms with Crippen molar-refractivity contribution in [3.05, 3.63) is 53.3 Å². The molecule has 0 fully saturated rings. The van der Waals surface area contributed by atoms with Gasteiger partial charge >= 0.3 is 0 Å². The quantitative estimate of drug-likeness (QED) is 0.710. The Morgan fingerprint density at radius 2 is 2.08 bits per heavy atom. The number of nitrogens with one attached hydrogen (secondary N) is 2. The van der Waals surface area contributed by atoms with E-state index in [1.807, 2.05) is 41.9 Å². The minimum absolute atomic E-state index is 0.158. The largest absolute Gasteiger partial charge is 0.322 e. The number of rotatable bonds is 6. The van der Waals surface area contributed by atoms with Crippen LogP contribution < -0.4 is 10.6 Å². The summed E-state index contributed by atoms with van der Waals surface area (Å²) < 4.78 is 1.87. The first-order valence-corrected chi connectivity index (χ1v) is 8.95. The van der Waals surface area contributed by atoms with Crippen molar-refractivity contribution in [1.82, 2.24) is 20.1 Å². The minimum atomic E-state index is -0.158. The normalized spacial score (nSPS) is 11.3. The number of nitrogens with zero attached hydrogens (tertiary/aromatic N) is 3. The molecule has 0 saturated carbocycles. The maximum absolute atomic E-state index is 12.8. The molecule has 0 spiro atoms. The van der Waals surface area contributed by atoms with Gasteiger partial charge in [-0.2, -0.15) is 5.10 Å². The zero-order valence-electron chi connectivity index (χ0n) is 15.7. The maximum Gasteiger partial charge on any atom is 0.257 e. The fourth-order valence-corrected chi connectivity index (χ4v) is 2.90. The van der Waals surface area contributed by atoms with Gasteiger partial charge in [-0.25, -0.2) is 9.67 Å². The van der Waals surface area contributed by atoms with Gasteiger partial charge in [0, 0.05) is 23.7 Å². The second-order valence-electron chi connectivity index (χ2n) is 6.65. The summed E-state index contributed by atoms with van der Waals surface area (Å²) in [7, 11) is 0. The molecule has 2 heterocycles. The van der Waals surface area contributed by atoms with E-state index in [1.54, 1.807) is 6.20 Å². The SMILES string of the molecule is CCNCc1cccc(NC(=O)c2cc3cnn(C(C)C)c3nc2C)c1. The number of benzene rings is 1. The summed E-state index contributed by atoms with van der Waals surface area (Å²) in [4.78, 5) is 17.4. The zero-order valence-corrected chi connectivity index (χ0v) is 15.7. The van der Waals surface area contributed by atoms with Gasteiger partial charge in [-0.3, -0.25) is 4.79 Å². The molecular formula is C20H25N5O. The van der Waals surface area contributed by atoms with Gasteiger partial charge in [0.05, 0.1) is 17.5 Å². The topological polar surface area (TPSA) is 71.8 Å². The Labute approximate surface area is 153 Å². The van der Waals surface area contributed by atoms with Crippen molar-refractivity contribution >= 4 is 22.6 Å². The molecule has 0 atom stereocenters. The molecule has 3 aromatic rings. The van der Waals surface area contributed by atoms with Gasteiger partial charge < -0.3 is 10.6 Å². The summed E-state index contributed by atoms with van der Waals surface area (Å²) in [5, 5.41) is 11.5. The highest BCUT2D eigenvalue weighted by atomic mass is 16.1. The molecule has 6 heteroatoms. The number of carbonyl (C=O) groups excluding carboxylic acids is 1. The first-order chi connectivity index (χ1) is 12.5. The number of carbonyl (C=O) groups is 1. The van der Waals surface area contributed by atoms with Crippen LogP contribution in [0.2, 0.25) is 0 Å². The van der Waals surface area contributed by atoms with Gasteiger partial charge in [0.15, 0.2) is 5.65 Å². The van der Waals surface area contributed by atoms with E-state index in [2.05, 4.69) is 41.5 Å². The molecule has 3 rings (SSSR count). The lowest BCUT2D eigenvalue weighted by molar-refractivity contribution is 0.102. The van der Waals surface area contributed by atoms with Gasteiger partial charge in [0.2, 0.25) is 0 Å². The molecule has 2 N–H and O–H groups in total. The molecular weight excluding hydrogens is 326 g/mol. The van der Waals surface area contributed by atoms with E-state index in [-0.39, 0.29) is 11.9 Å². The summed E-state index contributed by atoms with van der Waals surface area (Å²) in [6, 6.07) is 9.95. The van der Waals surface area contributed by atoms with Crippen molar-refractivity contribution in [3.63, 3.8) is 0 Å². The predicted molar refractivity (Wildman–Crippen MR) is 104 cm³/mol. The van der Waals surface area contributed by atoms with Crippen molar-refractivity contribution in [2.24, 2.45) is 0 Å². The molecule has 0 aliphatic heterocycles. The Hall–Kier alpha value is -2.73. The highest BCUT2D eigenvalue weighted by Crippen LogP contribution is 2.20. The molecule has 0 aliphatic rings. The molecule has 1 amide bonds. The molecule has 0 radical (unpaired) electrons. The van der Waals surface area contributed by atoms with Crippen molar-refractivity contribution < 1.29 is 4.79 Å². The number of aromatic nitrogens is 3. The van der Waals surface area contributed by atoms with E-state index >= 15 is 0 Å². The van der Waals surface area contributed by atoms with E-state index in [9.17, 15) is 4.79 Å². The van der Waals surface area contributed by atoms with Crippen LogP contribution in [-0.2, 0) is 6.54 Å². The van der Waals surface area contributed by atoms with E-state index in [1.165, 1.54) is 0 Å². The first-order valence-electron chi connectivity index (χ1n) is 8.95. The monoisotopic (exact) mass is 351 g/mol. The van der Waals surface area contributed by atoms with Crippen LogP contribution >= 0.6 is 0 Å². The number of anilines is 1. The summed E-state index contributed by atoms with van der Waals surface area (Å²) >= 11 is 0. The predicted octanol–water partition coefficient (Wildman–Crippen LogP) is 3.68. The summed E-state index contributed by atoms with van der Waals surface area (Å²) in [6.45, 7) is 9.73. The number of hydrogen-bond acceptors (Lipinski definition) is 4. The zero-order chi connectivity index (χ0) is 18.7. The summed E-state index contributed by atoms with van der Waals surface area (Å²) in [6.07, 6.45) is 1.76. The standard InChI is InChI=1S/C20H25N5O/c1-5-21-11-15-7-6-8-17(9-15)24-20(26)18-10-16-12-22-25(13(2)3)19(16)23-14(18)4/h6-10,12-13,21H,5,11H2,1-4H3,(H,24,26). The third kappa shape index (κ3) is 3.75. The lowest BCUT2D eigenvalue weighted by Crippen LogP contribution is -2.15. The van der Waals surface area contributed by atoms with E-state index in [4.69, 9.17) is 0 Å². The highest BCUT2D eigenvalue weighted by Gasteiger charge is 2.15. The number of fused-ring (bicyclic) bond motifs is 1. The molecule has 0 bridgehead atoms. The first kappa shape index (κ1) is 18.1. The highest BCUT2D eigenvalue weighted by molar-refractivity contribution is 6.06. The van der Waals surface area contributed by atoms with Gasteiger partial charge in [-0.15, -0.1) is 0 Å². The molecule has 0 aliphatic carbocycles. The van der Waals surface area contributed by atoms with Crippen LogP contribution in [0.3, 0.4) is 0 Å². The van der Waals surface area contributed by atoms with Crippen LogP contribution in [0.5, 0.6) is 0 Å². The molecule has 136 valence electrons. The second-order valence-corrected chi connectivity index (χ2v) is 6.65. The van der Waals surface area contributed by atoms with Crippen molar-refractivity contribution in [1.29, 1.82) is 0 Å². The van der Waals surface area contributed by atoms with E-state index in [0.717, 1.165) is 35.4 Å². The molecule has 6 nitrogen and oxygen atoms in total. The van der Waals surface area contributed by atoms with Gasteiger partial charge in [-0.1, -0.05) is 19.1 Å². The summed E-state index contributed by atoms with van der Waals surface area (Å²) in [5.41, 5.74) is 3.98. The Morgan fingerprint density at radius 3 is 2.81 bits per heavy atom. The van der Waals surface area contributed by atoms with Crippen LogP contribution in [-0.4, -0.2) is 27.2 Å².